The van der Waals surface area contributed by atoms with Crippen LogP contribution in [0.4, 0.5) is 10.3 Å². The summed E-state index contributed by atoms with van der Waals surface area (Å²) < 4.78 is 13.6. The number of aromatic nitrogens is 2. The monoisotopic (exact) mass is 348 g/mol. The van der Waals surface area contributed by atoms with Crippen molar-refractivity contribution in [2.45, 2.75) is 32.4 Å². The average molecular weight is 349 g/mol. The van der Waals surface area contributed by atoms with Gasteiger partial charge in [-0.05, 0) is 50.1 Å². The van der Waals surface area contributed by atoms with Gasteiger partial charge < -0.3 is 4.90 Å². The van der Waals surface area contributed by atoms with Crippen LogP contribution in [-0.4, -0.2) is 41.0 Å². The summed E-state index contributed by atoms with van der Waals surface area (Å²) in [6.45, 7) is 4.63. The summed E-state index contributed by atoms with van der Waals surface area (Å²) in [5, 5.41) is 0.173. The fourth-order valence-electron chi connectivity index (χ4n) is 3.16. The Bertz CT molecular complexity index is 709. The Morgan fingerprint density at radius 2 is 2.21 bits per heavy atom. The molecule has 4 nitrogen and oxygen atoms in total. The Balaban J connectivity index is 1.66. The lowest BCUT2D eigenvalue weighted by atomic mass is 10.0. The van der Waals surface area contributed by atoms with E-state index in [1.54, 1.807) is 12.3 Å². The lowest BCUT2D eigenvalue weighted by molar-refractivity contribution is 0.198. The van der Waals surface area contributed by atoms with Crippen LogP contribution in [0.5, 0.6) is 0 Å². The maximum absolute atomic E-state index is 13.6. The van der Waals surface area contributed by atoms with Gasteiger partial charge in [0, 0.05) is 38.1 Å². The molecule has 1 fully saturated rings. The fourth-order valence-corrected chi connectivity index (χ4v) is 3.27. The molecule has 3 rings (SSSR count). The van der Waals surface area contributed by atoms with E-state index in [0.29, 0.717) is 6.04 Å². The number of likely N-dealkylation sites (tertiary alicyclic amines) is 1. The summed E-state index contributed by atoms with van der Waals surface area (Å²) in [6, 6.07) is 7.31. The Morgan fingerprint density at radius 3 is 2.96 bits per heavy atom. The number of benzene rings is 1. The molecule has 1 atom stereocenters. The van der Waals surface area contributed by atoms with Crippen LogP contribution in [0.15, 0.2) is 30.5 Å². The number of likely N-dealkylation sites (N-methyl/N-ethyl adjacent to an activating group) is 1. The maximum atomic E-state index is 13.6. The molecule has 0 bridgehead atoms. The van der Waals surface area contributed by atoms with Crippen molar-refractivity contribution in [1.82, 2.24) is 14.9 Å². The molecule has 24 heavy (non-hydrogen) atoms. The molecule has 1 saturated heterocycles. The van der Waals surface area contributed by atoms with Crippen molar-refractivity contribution >= 4 is 17.5 Å². The molecule has 6 heteroatoms. The molecule has 1 aromatic carbocycles. The van der Waals surface area contributed by atoms with Crippen LogP contribution in [0.25, 0.3) is 0 Å². The number of anilines is 1. The van der Waals surface area contributed by atoms with Gasteiger partial charge >= 0.3 is 0 Å². The third kappa shape index (κ3) is 4.02. The normalized spacial score (nSPS) is 18.6. The largest absolute Gasteiger partial charge is 0.340 e. The van der Waals surface area contributed by atoms with Crippen LogP contribution in [0.2, 0.25) is 5.02 Å². The van der Waals surface area contributed by atoms with E-state index in [1.807, 2.05) is 26.1 Å². The first-order valence-corrected chi connectivity index (χ1v) is 8.59. The summed E-state index contributed by atoms with van der Waals surface area (Å²) in [7, 11) is 2.05. The van der Waals surface area contributed by atoms with E-state index >= 15 is 0 Å². The smallest absolute Gasteiger partial charge is 0.225 e. The maximum Gasteiger partial charge on any atom is 0.225 e. The number of piperidine rings is 1. The van der Waals surface area contributed by atoms with Gasteiger partial charge in [0.1, 0.15) is 5.82 Å². The minimum absolute atomic E-state index is 0.173. The van der Waals surface area contributed by atoms with Crippen LogP contribution in [0.3, 0.4) is 0 Å². The predicted octanol–water partition coefficient (Wildman–Crippen LogP) is 3.68. The number of halogens is 2. The van der Waals surface area contributed by atoms with E-state index in [-0.39, 0.29) is 10.8 Å². The average Bonchev–Trinajstić information content (AvgIpc) is 2.58. The summed E-state index contributed by atoms with van der Waals surface area (Å²) in [5.74, 6) is 0.410. The number of nitrogens with zero attached hydrogens (tertiary/aromatic N) is 4. The standard InChI is InChI=1S/C18H22ClFN4/c1-13-7-8-21-18(22-13)23(2)15-4-3-9-24(12-15)11-14-5-6-16(19)17(20)10-14/h5-8,10,15H,3-4,9,11-12H2,1-2H3. The third-order valence-electron chi connectivity index (χ3n) is 4.52. The quantitative estimate of drug-likeness (QED) is 0.843. The summed E-state index contributed by atoms with van der Waals surface area (Å²) in [6.07, 6.45) is 4.02. The van der Waals surface area contributed by atoms with Gasteiger partial charge in [0.05, 0.1) is 5.02 Å². The van der Waals surface area contributed by atoms with Crippen LogP contribution < -0.4 is 4.90 Å². The molecule has 0 amide bonds. The molecule has 128 valence electrons. The molecule has 1 aliphatic rings. The van der Waals surface area contributed by atoms with Crippen molar-refractivity contribution in [3.63, 3.8) is 0 Å². The van der Waals surface area contributed by atoms with E-state index in [1.165, 1.54) is 6.07 Å². The SMILES string of the molecule is Cc1ccnc(N(C)C2CCCN(Cc3ccc(Cl)c(F)c3)C2)n1. The van der Waals surface area contributed by atoms with Crippen LogP contribution in [0.1, 0.15) is 24.1 Å². The lowest BCUT2D eigenvalue weighted by Gasteiger charge is -2.37. The molecular formula is C18H22ClFN4. The third-order valence-corrected chi connectivity index (χ3v) is 4.82. The first-order valence-electron chi connectivity index (χ1n) is 8.21. The van der Waals surface area contributed by atoms with E-state index < -0.39 is 0 Å². The van der Waals surface area contributed by atoms with Crippen LogP contribution >= 0.6 is 11.6 Å². The molecule has 1 unspecified atom stereocenters. The van der Waals surface area contributed by atoms with Crippen molar-refractivity contribution in [3.8, 4) is 0 Å². The second-order valence-electron chi connectivity index (χ2n) is 6.39. The minimum Gasteiger partial charge on any atom is -0.340 e. The highest BCUT2D eigenvalue weighted by Crippen LogP contribution is 2.22. The predicted molar refractivity (Wildman–Crippen MR) is 94.9 cm³/mol. The number of hydrogen-bond donors (Lipinski definition) is 0. The molecule has 2 heterocycles. The zero-order valence-electron chi connectivity index (χ0n) is 14.0. The zero-order valence-corrected chi connectivity index (χ0v) is 14.8. The number of rotatable bonds is 4. The molecule has 0 saturated carbocycles. The highest BCUT2D eigenvalue weighted by atomic mass is 35.5. The molecule has 0 aliphatic carbocycles. The van der Waals surface area contributed by atoms with Crippen LogP contribution in [0, 0.1) is 12.7 Å². The summed E-state index contributed by atoms with van der Waals surface area (Å²) in [4.78, 5) is 13.4. The van der Waals surface area contributed by atoms with E-state index in [2.05, 4.69) is 19.8 Å². The lowest BCUT2D eigenvalue weighted by Crippen LogP contribution is -2.46. The highest BCUT2D eigenvalue weighted by Gasteiger charge is 2.24. The van der Waals surface area contributed by atoms with Crippen molar-refractivity contribution in [3.05, 3.63) is 52.6 Å². The number of aryl methyl sites for hydroxylation is 1. The van der Waals surface area contributed by atoms with Gasteiger partial charge in [-0.15, -0.1) is 0 Å². The Kier molecular flexibility index (Phi) is 5.31. The van der Waals surface area contributed by atoms with Crippen molar-refractivity contribution in [1.29, 1.82) is 0 Å². The Labute approximate surface area is 147 Å². The molecule has 1 aromatic heterocycles. The molecule has 0 N–H and O–H groups in total. The first-order chi connectivity index (χ1) is 11.5. The van der Waals surface area contributed by atoms with Gasteiger partial charge in [-0.25, -0.2) is 14.4 Å². The first kappa shape index (κ1) is 17.1. The Morgan fingerprint density at radius 1 is 1.38 bits per heavy atom. The van der Waals surface area contributed by atoms with E-state index in [9.17, 15) is 4.39 Å². The highest BCUT2D eigenvalue weighted by molar-refractivity contribution is 6.30. The minimum atomic E-state index is -0.354. The zero-order chi connectivity index (χ0) is 17.1. The van der Waals surface area contributed by atoms with Gasteiger partial charge in [0.25, 0.3) is 0 Å². The topological polar surface area (TPSA) is 32.3 Å². The van der Waals surface area contributed by atoms with Gasteiger partial charge in [-0.2, -0.15) is 0 Å². The summed E-state index contributed by atoms with van der Waals surface area (Å²) in [5.41, 5.74) is 1.92. The van der Waals surface area contributed by atoms with Gasteiger partial charge in [-0.3, -0.25) is 4.90 Å². The molecular weight excluding hydrogens is 327 g/mol. The molecule has 0 radical (unpaired) electrons. The second-order valence-corrected chi connectivity index (χ2v) is 6.80. The van der Waals surface area contributed by atoms with Crippen molar-refractivity contribution in [2.24, 2.45) is 0 Å². The number of hydrogen-bond acceptors (Lipinski definition) is 4. The molecule has 2 aromatic rings. The molecule has 1 aliphatic heterocycles. The van der Waals surface area contributed by atoms with E-state index in [4.69, 9.17) is 11.6 Å². The van der Waals surface area contributed by atoms with Crippen molar-refractivity contribution in [2.75, 3.05) is 25.0 Å². The van der Waals surface area contributed by atoms with Gasteiger partial charge in [0.15, 0.2) is 0 Å². The van der Waals surface area contributed by atoms with E-state index in [0.717, 1.165) is 49.7 Å². The van der Waals surface area contributed by atoms with Crippen molar-refractivity contribution < 1.29 is 4.39 Å². The van der Waals surface area contributed by atoms with Crippen LogP contribution in [-0.2, 0) is 6.54 Å². The van der Waals surface area contributed by atoms with Gasteiger partial charge in [0.2, 0.25) is 5.95 Å². The van der Waals surface area contributed by atoms with Gasteiger partial charge in [-0.1, -0.05) is 17.7 Å². The Hall–Kier alpha value is -1.72. The molecule has 0 spiro atoms. The fraction of sp³-hybridized carbons (Fsp3) is 0.444. The summed E-state index contributed by atoms with van der Waals surface area (Å²) >= 11 is 5.76. The second kappa shape index (κ2) is 7.45.